The van der Waals surface area contributed by atoms with Crippen LogP contribution in [0.25, 0.3) is 0 Å². The first-order valence-corrected chi connectivity index (χ1v) is 7.44. The van der Waals surface area contributed by atoms with E-state index in [1.807, 2.05) is 43.3 Å². The maximum absolute atomic E-state index is 11.9. The summed E-state index contributed by atoms with van der Waals surface area (Å²) in [6.45, 7) is 1.91. The van der Waals surface area contributed by atoms with E-state index < -0.39 is 0 Å². The number of hydrogen-bond acceptors (Lipinski definition) is 4. The number of nitrogens with zero attached hydrogens (tertiary/aromatic N) is 1. The first-order valence-electron chi connectivity index (χ1n) is 7.06. The van der Waals surface area contributed by atoms with Crippen LogP contribution < -0.4 is 15.5 Å². The van der Waals surface area contributed by atoms with Gasteiger partial charge < -0.3 is 10.1 Å². The van der Waals surface area contributed by atoms with Gasteiger partial charge in [0, 0.05) is 5.02 Å². The van der Waals surface area contributed by atoms with Crippen molar-refractivity contribution in [3.8, 4) is 5.75 Å². The molecule has 0 bridgehead atoms. The average Bonchev–Trinajstić information content (AvgIpc) is 2.58. The molecule has 0 spiro atoms. The van der Waals surface area contributed by atoms with E-state index in [0.717, 1.165) is 11.3 Å². The maximum Gasteiger partial charge on any atom is 0.259 e. The molecule has 0 atom stereocenters. The third kappa shape index (κ3) is 5.00. The molecule has 0 aromatic heterocycles. The molecule has 0 unspecified atom stereocenters. The molecule has 0 radical (unpaired) electrons. The lowest BCUT2D eigenvalue weighted by Crippen LogP contribution is -2.26. The first kappa shape index (κ1) is 16.8. The summed E-state index contributed by atoms with van der Waals surface area (Å²) >= 11 is 5.84. The van der Waals surface area contributed by atoms with Crippen molar-refractivity contribution in [3.63, 3.8) is 0 Å². The molecule has 0 aliphatic heterocycles. The summed E-state index contributed by atoms with van der Waals surface area (Å²) in [5, 5.41) is 7.75. The molecule has 0 saturated carbocycles. The summed E-state index contributed by atoms with van der Waals surface area (Å²) in [5.41, 5.74) is 4.87. The molecule has 1 amide bonds. The van der Waals surface area contributed by atoms with Gasteiger partial charge in [0.15, 0.2) is 0 Å². The van der Waals surface area contributed by atoms with Crippen LogP contribution in [0.5, 0.6) is 5.75 Å². The van der Waals surface area contributed by atoms with Crippen molar-refractivity contribution >= 4 is 28.9 Å². The van der Waals surface area contributed by atoms with Gasteiger partial charge in [0.2, 0.25) is 0 Å². The number of ether oxygens (including phenoxy) is 1. The SMILES string of the molecule is COc1ccccc1NCC(=O)N/N=C(\C)c1ccc(Cl)cc1. The third-order valence-electron chi connectivity index (χ3n) is 3.16. The molecule has 2 aromatic carbocycles. The number of para-hydroxylation sites is 2. The number of carbonyl (C=O) groups excluding carboxylic acids is 1. The highest BCUT2D eigenvalue weighted by Gasteiger charge is 2.04. The van der Waals surface area contributed by atoms with Gasteiger partial charge in [-0.1, -0.05) is 35.9 Å². The van der Waals surface area contributed by atoms with Gasteiger partial charge in [-0.15, -0.1) is 0 Å². The summed E-state index contributed by atoms with van der Waals surface area (Å²) in [6.07, 6.45) is 0. The van der Waals surface area contributed by atoms with Crippen LogP contribution in [0.4, 0.5) is 5.69 Å². The zero-order valence-electron chi connectivity index (χ0n) is 13.0. The number of rotatable bonds is 6. The standard InChI is InChI=1S/C17H18ClN3O2/c1-12(13-7-9-14(18)10-8-13)20-21-17(22)11-19-15-5-3-4-6-16(15)23-2/h3-10,19H,11H2,1-2H3,(H,21,22)/b20-12+. The summed E-state index contributed by atoms with van der Waals surface area (Å²) < 4.78 is 5.21. The highest BCUT2D eigenvalue weighted by atomic mass is 35.5. The molecule has 2 N–H and O–H groups in total. The molecular weight excluding hydrogens is 314 g/mol. The van der Waals surface area contributed by atoms with Crippen molar-refractivity contribution in [1.82, 2.24) is 5.43 Å². The Labute approximate surface area is 140 Å². The van der Waals surface area contributed by atoms with E-state index >= 15 is 0 Å². The zero-order valence-corrected chi connectivity index (χ0v) is 13.7. The Morgan fingerprint density at radius 3 is 2.57 bits per heavy atom. The van der Waals surface area contributed by atoms with Crippen molar-refractivity contribution in [2.24, 2.45) is 5.10 Å². The maximum atomic E-state index is 11.9. The second kappa shape index (κ2) is 8.19. The molecule has 2 rings (SSSR count). The van der Waals surface area contributed by atoms with Crippen molar-refractivity contribution < 1.29 is 9.53 Å². The second-order valence-corrected chi connectivity index (χ2v) is 5.23. The Morgan fingerprint density at radius 1 is 1.17 bits per heavy atom. The molecule has 0 aliphatic carbocycles. The number of hydrogen-bond donors (Lipinski definition) is 2. The van der Waals surface area contributed by atoms with Crippen LogP contribution >= 0.6 is 11.6 Å². The molecule has 5 nitrogen and oxygen atoms in total. The highest BCUT2D eigenvalue weighted by molar-refractivity contribution is 6.30. The minimum atomic E-state index is -0.246. The van der Waals surface area contributed by atoms with Gasteiger partial charge in [-0.3, -0.25) is 4.79 Å². The van der Waals surface area contributed by atoms with Crippen molar-refractivity contribution in [2.45, 2.75) is 6.92 Å². The quantitative estimate of drug-likeness (QED) is 0.630. The van der Waals surface area contributed by atoms with Crippen LogP contribution in [0.2, 0.25) is 5.02 Å². The Hall–Kier alpha value is -2.53. The lowest BCUT2D eigenvalue weighted by Gasteiger charge is -2.10. The van der Waals surface area contributed by atoms with Gasteiger partial charge in [-0.25, -0.2) is 5.43 Å². The summed E-state index contributed by atoms with van der Waals surface area (Å²) in [4.78, 5) is 11.9. The van der Waals surface area contributed by atoms with Gasteiger partial charge in [-0.05, 0) is 36.8 Å². The van der Waals surface area contributed by atoms with Crippen LogP contribution in [0.15, 0.2) is 53.6 Å². The minimum Gasteiger partial charge on any atom is -0.495 e. The molecule has 0 aliphatic rings. The smallest absolute Gasteiger partial charge is 0.259 e. The van der Waals surface area contributed by atoms with E-state index in [9.17, 15) is 4.79 Å². The van der Waals surface area contributed by atoms with Crippen LogP contribution in [0.1, 0.15) is 12.5 Å². The van der Waals surface area contributed by atoms with Crippen LogP contribution in [-0.4, -0.2) is 25.3 Å². The molecule has 0 fully saturated rings. The molecule has 120 valence electrons. The monoisotopic (exact) mass is 331 g/mol. The minimum absolute atomic E-state index is 0.0950. The van der Waals surface area contributed by atoms with Gasteiger partial charge in [0.1, 0.15) is 5.75 Å². The fourth-order valence-electron chi connectivity index (χ4n) is 1.91. The average molecular weight is 332 g/mol. The Balaban J connectivity index is 1.89. The highest BCUT2D eigenvalue weighted by Crippen LogP contribution is 2.22. The summed E-state index contributed by atoms with van der Waals surface area (Å²) in [7, 11) is 1.58. The Morgan fingerprint density at radius 2 is 1.87 bits per heavy atom. The molecule has 0 heterocycles. The Kier molecular flexibility index (Phi) is 6.00. The van der Waals surface area contributed by atoms with E-state index in [1.165, 1.54) is 0 Å². The van der Waals surface area contributed by atoms with E-state index in [-0.39, 0.29) is 12.5 Å². The number of carbonyl (C=O) groups is 1. The van der Waals surface area contributed by atoms with E-state index in [1.54, 1.807) is 19.2 Å². The predicted molar refractivity (Wildman–Crippen MR) is 93.3 cm³/mol. The number of halogens is 1. The third-order valence-corrected chi connectivity index (χ3v) is 3.41. The Bertz CT molecular complexity index is 699. The molecular formula is C17H18ClN3O2. The molecule has 6 heteroatoms. The lowest BCUT2D eigenvalue weighted by molar-refractivity contribution is -0.119. The topological polar surface area (TPSA) is 62.7 Å². The van der Waals surface area contributed by atoms with Gasteiger partial charge in [-0.2, -0.15) is 5.10 Å². The van der Waals surface area contributed by atoms with Crippen molar-refractivity contribution in [2.75, 3.05) is 19.0 Å². The number of nitrogens with one attached hydrogen (secondary N) is 2. The number of anilines is 1. The summed E-state index contributed by atoms with van der Waals surface area (Å²) in [6, 6.07) is 14.6. The van der Waals surface area contributed by atoms with Crippen LogP contribution in [0, 0.1) is 0 Å². The predicted octanol–water partition coefficient (Wildman–Crippen LogP) is 3.30. The largest absolute Gasteiger partial charge is 0.495 e. The molecule has 2 aromatic rings. The van der Waals surface area contributed by atoms with E-state index in [0.29, 0.717) is 16.5 Å². The number of amides is 1. The second-order valence-electron chi connectivity index (χ2n) is 4.79. The van der Waals surface area contributed by atoms with Gasteiger partial charge in [0.05, 0.1) is 25.1 Å². The normalized spacial score (nSPS) is 11.0. The zero-order chi connectivity index (χ0) is 16.7. The molecule has 23 heavy (non-hydrogen) atoms. The van der Waals surface area contributed by atoms with Crippen LogP contribution in [0.3, 0.4) is 0 Å². The van der Waals surface area contributed by atoms with Gasteiger partial charge >= 0.3 is 0 Å². The van der Waals surface area contributed by atoms with E-state index in [4.69, 9.17) is 16.3 Å². The number of hydrazone groups is 1. The fraction of sp³-hybridized carbons (Fsp3) is 0.176. The van der Waals surface area contributed by atoms with E-state index in [2.05, 4.69) is 15.8 Å². The fourth-order valence-corrected chi connectivity index (χ4v) is 2.03. The first-order chi connectivity index (χ1) is 11.1. The van der Waals surface area contributed by atoms with Crippen LogP contribution in [-0.2, 0) is 4.79 Å². The number of benzene rings is 2. The number of methoxy groups -OCH3 is 1. The molecule has 0 saturated heterocycles. The van der Waals surface area contributed by atoms with Gasteiger partial charge in [0.25, 0.3) is 5.91 Å². The summed E-state index contributed by atoms with van der Waals surface area (Å²) in [5.74, 6) is 0.436. The van der Waals surface area contributed by atoms with Crippen molar-refractivity contribution in [1.29, 1.82) is 0 Å². The lowest BCUT2D eigenvalue weighted by atomic mass is 10.1. The van der Waals surface area contributed by atoms with Crippen molar-refractivity contribution in [3.05, 3.63) is 59.1 Å².